The molecule has 1 aromatic carbocycles. The maximum atomic E-state index is 12.9. The van der Waals surface area contributed by atoms with E-state index >= 15 is 0 Å². The summed E-state index contributed by atoms with van der Waals surface area (Å²) >= 11 is 0. The lowest BCUT2D eigenvalue weighted by atomic mass is 10.0. The number of benzene rings is 1. The van der Waals surface area contributed by atoms with Crippen molar-refractivity contribution in [2.75, 3.05) is 0 Å². The molecule has 0 spiro atoms. The molecule has 0 amide bonds. The molecule has 0 radical (unpaired) electrons. The van der Waals surface area contributed by atoms with E-state index in [1.54, 1.807) is 6.92 Å². The van der Waals surface area contributed by atoms with Gasteiger partial charge in [-0.1, -0.05) is 6.92 Å². The van der Waals surface area contributed by atoms with E-state index in [-0.39, 0.29) is 30.0 Å². The lowest BCUT2D eigenvalue weighted by Crippen LogP contribution is -2.09. The van der Waals surface area contributed by atoms with Crippen LogP contribution in [0.25, 0.3) is 0 Å². The third-order valence-electron chi connectivity index (χ3n) is 2.13. The van der Waals surface area contributed by atoms with E-state index < -0.39 is 0 Å². The lowest BCUT2D eigenvalue weighted by Gasteiger charge is -2.12. The SMILES string of the molecule is CC[C@@H](N)c1cc(F)cc(C)c1O.Cl. The fourth-order valence-electron chi connectivity index (χ4n) is 1.26. The summed E-state index contributed by atoms with van der Waals surface area (Å²) in [5, 5.41) is 9.58. The number of aryl methyl sites for hydroxylation is 1. The highest BCUT2D eigenvalue weighted by atomic mass is 35.5. The summed E-state index contributed by atoms with van der Waals surface area (Å²) < 4.78 is 12.9. The van der Waals surface area contributed by atoms with E-state index in [1.165, 1.54) is 12.1 Å². The number of phenols is 1. The minimum absolute atomic E-state index is 0. The van der Waals surface area contributed by atoms with Crippen LogP contribution in [0.1, 0.15) is 30.5 Å². The molecule has 0 aliphatic heterocycles. The number of halogens is 2. The van der Waals surface area contributed by atoms with Gasteiger partial charge in [0, 0.05) is 11.6 Å². The van der Waals surface area contributed by atoms with Crippen molar-refractivity contribution in [2.45, 2.75) is 26.3 Å². The van der Waals surface area contributed by atoms with Crippen molar-refractivity contribution in [1.29, 1.82) is 0 Å². The first-order valence-electron chi connectivity index (χ1n) is 4.30. The van der Waals surface area contributed by atoms with Crippen LogP contribution in [-0.2, 0) is 0 Å². The number of nitrogens with two attached hydrogens (primary N) is 1. The molecular formula is C10H15ClFNO. The number of hydrogen-bond acceptors (Lipinski definition) is 2. The molecule has 3 N–H and O–H groups in total. The van der Waals surface area contributed by atoms with Crippen molar-refractivity contribution in [1.82, 2.24) is 0 Å². The summed E-state index contributed by atoms with van der Waals surface area (Å²) in [6.45, 7) is 3.55. The largest absolute Gasteiger partial charge is 0.507 e. The first-order valence-corrected chi connectivity index (χ1v) is 4.30. The molecular weight excluding hydrogens is 205 g/mol. The van der Waals surface area contributed by atoms with E-state index in [2.05, 4.69) is 0 Å². The van der Waals surface area contributed by atoms with Gasteiger partial charge in [0.05, 0.1) is 0 Å². The predicted molar refractivity (Wildman–Crippen MR) is 57.3 cm³/mol. The van der Waals surface area contributed by atoms with Gasteiger partial charge in [-0.05, 0) is 31.0 Å². The van der Waals surface area contributed by atoms with Gasteiger partial charge in [-0.25, -0.2) is 4.39 Å². The number of rotatable bonds is 2. The van der Waals surface area contributed by atoms with Gasteiger partial charge in [-0.3, -0.25) is 0 Å². The molecule has 80 valence electrons. The van der Waals surface area contributed by atoms with Gasteiger partial charge >= 0.3 is 0 Å². The van der Waals surface area contributed by atoms with E-state index in [9.17, 15) is 9.50 Å². The van der Waals surface area contributed by atoms with Crippen molar-refractivity contribution in [2.24, 2.45) is 5.73 Å². The Labute approximate surface area is 89.3 Å². The topological polar surface area (TPSA) is 46.2 Å². The van der Waals surface area contributed by atoms with Crippen LogP contribution in [0.15, 0.2) is 12.1 Å². The predicted octanol–water partition coefficient (Wildman–Crippen LogP) is 2.67. The molecule has 0 saturated carbocycles. The van der Waals surface area contributed by atoms with Gasteiger partial charge < -0.3 is 10.8 Å². The van der Waals surface area contributed by atoms with Gasteiger partial charge in [0.25, 0.3) is 0 Å². The van der Waals surface area contributed by atoms with Crippen LogP contribution in [0.4, 0.5) is 4.39 Å². The fraction of sp³-hybridized carbons (Fsp3) is 0.400. The monoisotopic (exact) mass is 219 g/mol. The van der Waals surface area contributed by atoms with Crippen LogP contribution in [0.3, 0.4) is 0 Å². The molecule has 0 saturated heterocycles. The summed E-state index contributed by atoms with van der Waals surface area (Å²) in [4.78, 5) is 0. The Morgan fingerprint density at radius 2 is 2.07 bits per heavy atom. The van der Waals surface area contributed by atoms with E-state index in [1.807, 2.05) is 6.92 Å². The minimum Gasteiger partial charge on any atom is -0.507 e. The highest BCUT2D eigenvalue weighted by Gasteiger charge is 2.12. The molecule has 2 nitrogen and oxygen atoms in total. The molecule has 0 fully saturated rings. The van der Waals surface area contributed by atoms with Gasteiger partial charge in [-0.2, -0.15) is 0 Å². The summed E-state index contributed by atoms with van der Waals surface area (Å²) in [6, 6.07) is 2.28. The van der Waals surface area contributed by atoms with E-state index in [0.717, 1.165) is 0 Å². The van der Waals surface area contributed by atoms with Crippen molar-refractivity contribution >= 4 is 12.4 Å². The second-order valence-corrected chi connectivity index (χ2v) is 3.18. The van der Waals surface area contributed by atoms with Crippen molar-refractivity contribution in [3.63, 3.8) is 0 Å². The highest BCUT2D eigenvalue weighted by Crippen LogP contribution is 2.28. The van der Waals surface area contributed by atoms with Gasteiger partial charge in [0.15, 0.2) is 0 Å². The Balaban J connectivity index is 0.00000169. The summed E-state index contributed by atoms with van der Waals surface area (Å²) in [6.07, 6.45) is 0.677. The molecule has 1 rings (SSSR count). The van der Waals surface area contributed by atoms with E-state index in [0.29, 0.717) is 17.5 Å². The third kappa shape index (κ3) is 2.59. The Hall–Kier alpha value is -0.800. The molecule has 0 unspecified atom stereocenters. The number of aromatic hydroxyl groups is 1. The highest BCUT2D eigenvalue weighted by molar-refractivity contribution is 5.85. The normalized spacial score (nSPS) is 12.0. The number of phenolic OH excluding ortho intramolecular Hbond substituents is 1. The average molecular weight is 220 g/mol. The molecule has 0 aliphatic carbocycles. The van der Waals surface area contributed by atoms with Crippen LogP contribution in [0.5, 0.6) is 5.75 Å². The molecule has 1 aromatic rings. The van der Waals surface area contributed by atoms with Crippen LogP contribution >= 0.6 is 12.4 Å². The van der Waals surface area contributed by atoms with Crippen LogP contribution in [0, 0.1) is 12.7 Å². The molecule has 0 heterocycles. The molecule has 0 aromatic heterocycles. The maximum absolute atomic E-state index is 12.9. The Morgan fingerprint density at radius 3 is 2.57 bits per heavy atom. The van der Waals surface area contributed by atoms with Crippen LogP contribution < -0.4 is 5.73 Å². The number of hydrogen-bond donors (Lipinski definition) is 2. The maximum Gasteiger partial charge on any atom is 0.124 e. The Morgan fingerprint density at radius 1 is 1.50 bits per heavy atom. The summed E-state index contributed by atoms with van der Waals surface area (Å²) in [7, 11) is 0. The summed E-state index contributed by atoms with van der Waals surface area (Å²) in [5.41, 5.74) is 6.72. The second-order valence-electron chi connectivity index (χ2n) is 3.18. The standard InChI is InChI=1S/C10H14FNO.ClH/c1-3-9(12)8-5-7(11)4-6(2)10(8)13;/h4-5,9,13H,3,12H2,1-2H3;1H/t9-;/m1./s1. The fourth-order valence-corrected chi connectivity index (χ4v) is 1.26. The molecule has 14 heavy (non-hydrogen) atoms. The van der Waals surface area contributed by atoms with Crippen LogP contribution in [0.2, 0.25) is 0 Å². The third-order valence-corrected chi connectivity index (χ3v) is 2.13. The molecule has 0 bridgehead atoms. The van der Waals surface area contributed by atoms with Gasteiger partial charge in [0.1, 0.15) is 11.6 Å². The molecule has 0 aliphatic rings. The minimum atomic E-state index is -0.353. The van der Waals surface area contributed by atoms with Crippen molar-refractivity contribution in [3.05, 3.63) is 29.1 Å². The Bertz CT molecular complexity index is 317. The van der Waals surface area contributed by atoms with Crippen LogP contribution in [-0.4, -0.2) is 5.11 Å². The Kier molecular flexibility index (Phi) is 4.88. The zero-order chi connectivity index (χ0) is 10.0. The molecule has 1 atom stereocenters. The van der Waals surface area contributed by atoms with Gasteiger partial charge in [-0.15, -0.1) is 12.4 Å². The lowest BCUT2D eigenvalue weighted by molar-refractivity contribution is 0.452. The van der Waals surface area contributed by atoms with Crippen molar-refractivity contribution < 1.29 is 9.50 Å². The smallest absolute Gasteiger partial charge is 0.124 e. The zero-order valence-electron chi connectivity index (χ0n) is 8.25. The first-order chi connectivity index (χ1) is 6.06. The second kappa shape index (κ2) is 5.17. The van der Waals surface area contributed by atoms with E-state index in [4.69, 9.17) is 5.73 Å². The zero-order valence-corrected chi connectivity index (χ0v) is 9.07. The van der Waals surface area contributed by atoms with Gasteiger partial charge in [0.2, 0.25) is 0 Å². The first kappa shape index (κ1) is 13.2. The summed E-state index contributed by atoms with van der Waals surface area (Å²) in [5.74, 6) is -0.245. The average Bonchev–Trinajstić information content (AvgIpc) is 2.10. The molecule has 4 heteroatoms. The van der Waals surface area contributed by atoms with Crippen molar-refractivity contribution in [3.8, 4) is 5.75 Å². The quantitative estimate of drug-likeness (QED) is 0.804.